The zero-order chi connectivity index (χ0) is 13.1. The number of benzene rings is 1. The quantitative estimate of drug-likeness (QED) is 0.878. The number of nitrogens with one attached hydrogen (secondary N) is 1. The summed E-state index contributed by atoms with van der Waals surface area (Å²) in [7, 11) is 1.63. The average molecular weight is 304 g/mol. The van der Waals surface area contributed by atoms with Crippen LogP contribution in [-0.4, -0.2) is 28.5 Å². The van der Waals surface area contributed by atoms with E-state index < -0.39 is 0 Å². The van der Waals surface area contributed by atoms with Gasteiger partial charge in [-0.2, -0.15) is 5.10 Å². The molecule has 0 spiro atoms. The van der Waals surface area contributed by atoms with Crippen LogP contribution in [0.1, 0.15) is 0 Å². The zero-order valence-electron chi connectivity index (χ0n) is 9.61. The van der Waals surface area contributed by atoms with Gasteiger partial charge in [-0.25, -0.2) is 0 Å². The molecule has 0 unspecified atom stereocenters. The molecule has 0 saturated heterocycles. The fraction of sp³-hybridized carbons (Fsp3) is 0.273. The van der Waals surface area contributed by atoms with E-state index in [0.29, 0.717) is 39.4 Å². The second-order valence-corrected chi connectivity index (χ2v) is 4.79. The third kappa shape index (κ3) is 2.59. The second-order valence-electron chi connectivity index (χ2n) is 3.59. The first-order chi connectivity index (χ1) is 8.65. The molecular formula is C11H11Cl2N3OS. The lowest BCUT2D eigenvalue weighted by atomic mass is 10.2. The summed E-state index contributed by atoms with van der Waals surface area (Å²) in [6.45, 7) is 1.12. The lowest BCUT2D eigenvalue weighted by Gasteiger charge is -2.08. The molecule has 0 bridgehead atoms. The van der Waals surface area contributed by atoms with Gasteiger partial charge in [0.25, 0.3) is 0 Å². The van der Waals surface area contributed by atoms with E-state index in [0.717, 1.165) is 0 Å². The molecule has 0 atom stereocenters. The smallest absolute Gasteiger partial charge is 0.195 e. The zero-order valence-corrected chi connectivity index (χ0v) is 11.9. The van der Waals surface area contributed by atoms with Crippen LogP contribution in [0.2, 0.25) is 10.0 Å². The van der Waals surface area contributed by atoms with Crippen LogP contribution < -0.4 is 0 Å². The molecule has 7 heteroatoms. The molecule has 0 aliphatic heterocycles. The normalized spacial score (nSPS) is 10.8. The Labute approximate surface area is 119 Å². The van der Waals surface area contributed by atoms with Crippen molar-refractivity contribution in [3.05, 3.63) is 33.0 Å². The summed E-state index contributed by atoms with van der Waals surface area (Å²) in [5, 5.41) is 8.00. The molecule has 0 radical (unpaired) electrons. The van der Waals surface area contributed by atoms with Crippen LogP contribution in [-0.2, 0) is 11.3 Å². The van der Waals surface area contributed by atoms with Crippen molar-refractivity contribution in [1.29, 1.82) is 0 Å². The van der Waals surface area contributed by atoms with Crippen LogP contribution in [0.4, 0.5) is 0 Å². The van der Waals surface area contributed by atoms with Crippen molar-refractivity contribution in [2.24, 2.45) is 0 Å². The van der Waals surface area contributed by atoms with Crippen molar-refractivity contribution in [2.45, 2.75) is 6.54 Å². The van der Waals surface area contributed by atoms with E-state index in [4.69, 9.17) is 40.2 Å². The van der Waals surface area contributed by atoms with E-state index >= 15 is 0 Å². The number of aromatic nitrogens is 3. The van der Waals surface area contributed by atoms with Crippen LogP contribution in [0, 0.1) is 4.77 Å². The van der Waals surface area contributed by atoms with Gasteiger partial charge >= 0.3 is 0 Å². The van der Waals surface area contributed by atoms with E-state index in [1.165, 1.54) is 0 Å². The van der Waals surface area contributed by atoms with Gasteiger partial charge < -0.3 is 4.74 Å². The summed E-state index contributed by atoms with van der Waals surface area (Å²) in [5.74, 6) is 0.618. The maximum Gasteiger partial charge on any atom is 0.195 e. The Morgan fingerprint density at radius 3 is 2.67 bits per heavy atom. The number of H-pyrrole nitrogens is 1. The molecule has 0 saturated carbocycles. The minimum absolute atomic E-state index is 0.512. The summed E-state index contributed by atoms with van der Waals surface area (Å²) >= 11 is 17.5. The molecule has 96 valence electrons. The van der Waals surface area contributed by atoms with Crippen LogP contribution in [0.15, 0.2) is 18.2 Å². The fourth-order valence-corrected chi connectivity index (χ4v) is 2.40. The van der Waals surface area contributed by atoms with Crippen molar-refractivity contribution in [1.82, 2.24) is 14.8 Å². The standard InChI is InChI=1S/C11H11Cl2N3OS/c1-17-6-5-16-10(14-15-11(16)18)9-7(12)3-2-4-8(9)13/h2-4H,5-6H2,1H3,(H,15,18). The highest BCUT2D eigenvalue weighted by atomic mass is 35.5. The molecule has 0 aliphatic rings. The molecule has 1 aromatic heterocycles. The fourth-order valence-electron chi connectivity index (χ4n) is 1.61. The maximum atomic E-state index is 6.16. The molecule has 0 fully saturated rings. The van der Waals surface area contributed by atoms with Gasteiger partial charge in [-0.05, 0) is 24.4 Å². The Hall–Kier alpha value is -0.880. The molecule has 0 aliphatic carbocycles. The first-order valence-corrected chi connectivity index (χ1v) is 6.40. The van der Waals surface area contributed by atoms with E-state index in [2.05, 4.69) is 10.2 Å². The number of nitrogens with zero attached hydrogens (tertiary/aromatic N) is 2. The Kier molecular flexibility index (Phi) is 4.40. The predicted octanol–water partition coefficient (Wildman–Crippen LogP) is 3.56. The first-order valence-electron chi connectivity index (χ1n) is 5.23. The van der Waals surface area contributed by atoms with Gasteiger partial charge in [-0.15, -0.1) is 0 Å². The van der Waals surface area contributed by atoms with Crippen LogP contribution >= 0.6 is 35.4 Å². The van der Waals surface area contributed by atoms with Gasteiger partial charge in [0.15, 0.2) is 10.6 Å². The van der Waals surface area contributed by atoms with Crippen molar-refractivity contribution >= 4 is 35.4 Å². The number of hydrogen-bond acceptors (Lipinski definition) is 3. The number of methoxy groups -OCH3 is 1. The van der Waals surface area contributed by atoms with Gasteiger partial charge in [-0.1, -0.05) is 29.3 Å². The van der Waals surface area contributed by atoms with E-state index in [1.807, 2.05) is 4.57 Å². The Balaban J connectivity index is 2.54. The third-order valence-corrected chi connectivity index (χ3v) is 3.41. The highest BCUT2D eigenvalue weighted by Crippen LogP contribution is 2.33. The molecule has 18 heavy (non-hydrogen) atoms. The number of hydrogen-bond donors (Lipinski definition) is 1. The second kappa shape index (κ2) is 5.84. The van der Waals surface area contributed by atoms with Gasteiger partial charge in [0.1, 0.15) is 0 Å². The number of rotatable bonds is 4. The average Bonchev–Trinajstić information content (AvgIpc) is 2.68. The SMILES string of the molecule is COCCn1c(-c2c(Cl)cccc2Cl)n[nH]c1=S. The molecule has 1 aromatic carbocycles. The largest absolute Gasteiger partial charge is 0.383 e. The van der Waals surface area contributed by atoms with Gasteiger partial charge in [-0.3, -0.25) is 9.67 Å². The van der Waals surface area contributed by atoms with Crippen molar-refractivity contribution in [2.75, 3.05) is 13.7 Å². The lowest BCUT2D eigenvalue weighted by Crippen LogP contribution is -2.06. The number of halogens is 2. The third-order valence-electron chi connectivity index (χ3n) is 2.46. The molecule has 0 amide bonds. The van der Waals surface area contributed by atoms with Gasteiger partial charge in [0.05, 0.1) is 28.8 Å². The Morgan fingerprint density at radius 2 is 2.06 bits per heavy atom. The Morgan fingerprint density at radius 1 is 1.39 bits per heavy atom. The molecular weight excluding hydrogens is 293 g/mol. The summed E-state index contributed by atoms with van der Waals surface area (Å²) in [6, 6.07) is 5.32. The monoisotopic (exact) mass is 303 g/mol. The van der Waals surface area contributed by atoms with Crippen LogP contribution in [0.25, 0.3) is 11.4 Å². The minimum Gasteiger partial charge on any atom is -0.383 e. The molecule has 1 N–H and O–H groups in total. The highest BCUT2D eigenvalue weighted by Gasteiger charge is 2.15. The summed E-state index contributed by atoms with van der Waals surface area (Å²) in [4.78, 5) is 0. The summed E-state index contributed by atoms with van der Waals surface area (Å²) < 4.78 is 7.37. The maximum absolute atomic E-state index is 6.16. The van der Waals surface area contributed by atoms with Crippen molar-refractivity contribution in [3.63, 3.8) is 0 Å². The van der Waals surface area contributed by atoms with E-state index in [-0.39, 0.29) is 0 Å². The van der Waals surface area contributed by atoms with Crippen molar-refractivity contribution < 1.29 is 4.74 Å². The molecule has 2 aromatic rings. The van der Waals surface area contributed by atoms with Crippen LogP contribution in [0.3, 0.4) is 0 Å². The van der Waals surface area contributed by atoms with Gasteiger partial charge in [0, 0.05) is 7.11 Å². The predicted molar refractivity (Wildman–Crippen MR) is 74.7 cm³/mol. The first kappa shape index (κ1) is 13.5. The summed E-state index contributed by atoms with van der Waals surface area (Å²) in [6.07, 6.45) is 0. The van der Waals surface area contributed by atoms with Crippen molar-refractivity contribution in [3.8, 4) is 11.4 Å². The highest BCUT2D eigenvalue weighted by molar-refractivity contribution is 7.71. The van der Waals surface area contributed by atoms with E-state index in [9.17, 15) is 0 Å². The lowest BCUT2D eigenvalue weighted by molar-refractivity contribution is 0.187. The molecule has 4 nitrogen and oxygen atoms in total. The molecule has 2 rings (SSSR count). The minimum atomic E-state index is 0.512. The Bertz CT molecular complexity index is 588. The topological polar surface area (TPSA) is 42.8 Å². The number of ether oxygens (including phenoxy) is 1. The van der Waals surface area contributed by atoms with E-state index in [1.54, 1.807) is 25.3 Å². The molecule has 1 heterocycles. The van der Waals surface area contributed by atoms with Gasteiger partial charge in [0.2, 0.25) is 0 Å². The number of aromatic amines is 1. The summed E-state index contributed by atoms with van der Waals surface area (Å²) in [5.41, 5.74) is 0.671. The van der Waals surface area contributed by atoms with Crippen LogP contribution in [0.5, 0.6) is 0 Å².